The molecule has 0 unspecified atom stereocenters. The van der Waals surface area contributed by atoms with Crippen LogP contribution in [0.2, 0.25) is 0 Å². The van der Waals surface area contributed by atoms with E-state index in [0.29, 0.717) is 0 Å². The summed E-state index contributed by atoms with van der Waals surface area (Å²) in [5, 5.41) is 4.40. The number of benzene rings is 2. The van der Waals surface area contributed by atoms with E-state index in [4.69, 9.17) is 0 Å². The van der Waals surface area contributed by atoms with Crippen molar-refractivity contribution in [2.24, 2.45) is 0 Å². The first-order valence-electron chi connectivity index (χ1n) is 6.71. The van der Waals surface area contributed by atoms with E-state index < -0.39 is 0 Å². The smallest absolute Gasteiger partial charge is 0.218 e. The summed E-state index contributed by atoms with van der Waals surface area (Å²) in [5.74, 6) is 0. The number of carbonyl (C=O) groups excluding carboxylic acids is 1. The summed E-state index contributed by atoms with van der Waals surface area (Å²) in [5.41, 5.74) is 3.73. The minimum Gasteiger partial charge on any atom is -0.384 e. The lowest BCUT2D eigenvalue weighted by atomic mass is 10.2. The van der Waals surface area contributed by atoms with E-state index in [-0.39, 0.29) is 0 Å². The Kier molecular flexibility index (Phi) is 3.50. The molecular formula is C17H16N2O. The van der Waals surface area contributed by atoms with E-state index in [2.05, 4.69) is 29.6 Å². The van der Waals surface area contributed by atoms with Gasteiger partial charge in [0.25, 0.3) is 0 Å². The van der Waals surface area contributed by atoms with Crippen molar-refractivity contribution in [1.82, 2.24) is 4.57 Å². The van der Waals surface area contributed by atoms with Gasteiger partial charge in [-0.05, 0) is 30.2 Å². The summed E-state index contributed by atoms with van der Waals surface area (Å²) in [6, 6.07) is 18.2. The zero-order chi connectivity index (χ0) is 13.8. The van der Waals surface area contributed by atoms with Crippen LogP contribution in [0.5, 0.6) is 0 Å². The van der Waals surface area contributed by atoms with Crippen molar-refractivity contribution in [3.63, 3.8) is 0 Å². The number of nitrogens with zero attached hydrogens (tertiary/aromatic N) is 1. The van der Waals surface area contributed by atoms with Crippen LogP contribution >= 0.6 is 0 Å². The quantitative estimate of drug-likeness (QED) is 0.684. The standard InChI is InChI=1S/C9H7NO.C8H9N/c11-7-10-6-5-8-3-1-2-4-9(8)10;1-2-4-8-7(3-1)5-6-9-8/h1-7H;1-4,9H,5-6H2. The van der Waals surface area contributed by atoms with Crippen molar-refractivity contribution >= 4 is 23.0 Å². The summed E-state index contributed by atoms with van der Waals surface area (Å²) in [4.78, 5) is 10.4. The number of fused-ring (bicyclic) bond motifs is 2. The Hall–Kier alpha value is -2.55. The molecule has 100 valence electrons. The first-order chi connectivity index (χ1) is 9.88. The molecule has 4 rings (SSSR count). The Labute approximate surface area is 117 Å². The lowest BCUT2D eigenvalue weighted by Crippen LogP contribution is -1.90. The number of hydrogen-bond acceptors (Lipinski definition) is 2. The molecule has 0 spiro atoms. The average Bonchev–Trinajstić information content (AvgIpc) is 3.14. The van der Waals surface area contributed by atoms with Gasteiger partial charge in [0.1, 0.15) is 0 Å². The molecule has 0 amide bonds. The van der Waals surface area contributed by atoms with Crippen LogP contribution < -0.4 is 5.32 Å². The second-order valence-electron chi connectivity index (χ2n) is 4.72. The van der Waals surface area contributed by atoms with Crippen molar-refractivity contribution in [3.8, 4) is 0 Å². The van der Waals surface area contributed by atoms with Crippen LogP contribution in [0.3, 0.4) is 0 Å². The summed E-state index contributed by atoms with van der Waals surface area (Å²) in [7, 11) is 0. The van der Waals surface area contributed by atoms with E-state index in [1.165, 1.54) is 17.7 Å². The fraction of sp³-hybridized carbons (Fsp3) is 0.118. The maximum Gasteiger partial charge on any atom is 0.218 e. The van der Waals surface area contributed by atoms with Crippen LogP contribution in [0.15, 0.2) is 60.8 Å². The maximum absolute atomic E-state index is 10.4. The topological polar surface area (TPSA) is 34.0 Å². The molecule has 20 heavy (non-hydrogen) atoms. The fourth-order valence-corrected chi connectivity index (χ4v) is 2.44. The van der Waals surface area contributed by atoms with Crippen LogP contribution in [-0.4, -0.2) is 17.5 Å². The van der Waals surface area contributed by atoms with Gasteiger partial charge in [-0.3, -0.25) is 9.36 Å². The van der Waals surface area contributed by atoms with Crippen LogP contribution in [0.25, 0.3) is 10.9 Å². The fourth-order valence-electron chi connectivity index (χ4n) is 2.44. The number of rotatable bonds is 1. The van der Waals surface area contributed by atoms with Crippen molar-refractivity contribution in [2.45, 2.75) is 6.42 Å². The molecule has 0 saturated carbocycles. The molecule has 0 atom stereocenters. The monoisotopic (exact) mass is 264 g/mol. The Balaban J connectivity index is 0.000000123. The van der Waals surface area contributed by atoms with Crippen molar-refractivity contribution < 1.29 is 4.79 Å². The number of anilines is 1. The number of para-hydroxylation sites is 2. The lowest BCUT2D eigenvalue weighted by molar-refractivity contribution is 0.549. The third kappa shape index (κ3) is 2.43. The number of nitrogens with one attached hydrogen (secondary N) is 1. The first-order valence-corrected chi connectivity index (χ1v) is 6.71. The van der Waals surface area contributed by atoms with Gasteiger partial charge in [0, 0.05) is 23.8 Å². The molecule has 2 heterocycles. The van der Waals surface area contributed by atoms with E-state index >= 15 is 0 Å². The highest BCUT2D eigenvalue weighted by atomic mass is 16.1. The van der Waals surface area contributed by atoms with Crippen molar-refractivity contribution in [3.05, 3.63) is 66.4 Å². The second kappa shape index (κ2) is 5.61. The van der Waals surface area contributed by atoms with Crippen LogP contribution in [-0.2, 0) is 11.2 Å². The highest BCUT2D eigenvalue weighted by Crippen LogP contribution is 2.20. The summed E-state index contributed by atoms with van der Waals surface area (Å²) in [6.07, 6.45) is 3.76. The molecular weight excluding hydrogens is 248 g/mol. The van der Waals surface area contributed by atoms with Crippen LogP contribution in [0, 0.1) is 0 Å². The van der Waals surface area contributed by atoms with E-state index in [1.807, 2.05) is 30.3 Å². The number of aromatic nitrogens is 1. The molecule has 0 fully saturated rings. The normalized spacial score (nSPS) is 12.2. The molecule has 3 nitrogen and oxygen atoms in total. The molecule has 0 bridgehead atoms. The Morgan fingerprint density at radius 2 is 1.80 bits per heavy atom. The zero-order valence-corrected chi connectivity index (χ0v) is 11.1. The van der Waals surface area contributed by atoms with Gasteiger partial charge in [-0.2, -0.15) is 0 Å². The minimum absolute atomic E-state index is 0.808. The predicted molar refractivity (Wildman–Crippen MR) is 82.7 cm³/mol. The Bertz CT molecular complexity index is 707. The Morgan fingerprint density at radius 1 is 1.00 bits per heavy atom. The van der Waals surface area contributed by atoms with E-state index in [0.717, 1.165) is 23.9 Å². The molecule has 3 heteroatoms. The van der Waals surface area contributed by atoms with Gasteiger partial charge < -0.3 is 5.32 Å². The van der Waals surface area contributed by atoms with Gasteiger partial charge in [-0.1, -0.05) is 36.4 Å². The first kappa shape index (κ1) is 12.5. The number of hydrogen-bond donors (Lipinski definition) is 1. The Morgan fingerprint density at radius 3 is 2.65 bits per heavy atom. The van der Waals surface area contributed by atoms with Crippen molar-refractivity contribution in [2.75, 3.05) is 11.9 Å². The largest absolute Gasteiger partial charge is 0.384 e. The molecule has 0 aliphatic carbocycles. The molecule has 0 saturated heterocycles. The summed E-state index contributed by atoms with van der Waals surface area (Å²) >= 11 is 0. The van der Waals surface area contributed by atoms with Gasteiger partial charge in [-0.25, -0.2) is 0 Å². The van der Waals surface area contributed by atoms with Gasteiger partial charge in [-0.15, -0.1) is 0 Å². The molecule has 2 aromatic carbocycles. The minimum atomic E-state index is 0.808. The van der Waals surface area contributed by atoms with E-state index in [1.54, 1.807) is 10.8 Å². The molecule has 1 N–H and O–H groups in total. The number of carbonyl (C=O) groups is 1. The molecule has 1 aromatic heterocycles. The molecule has 3 aromatic rings. The zero-order valence-electron chi connectivity index (χ0n) is 11.1. The lowest BCUT2D eigenvalue weighted by Gasteiger charge is -1.94. The van der Waals surface area contributed by atoms with Gasteiger partial charge >= 0.3 is 0 Å². The van der Waals surface area contributed by atoms with Crippen molar-refractivity contribution in [1.29, 1.82) is 0 Å². The SMILES string of the molecule is O=Cn1ccc2ccccc21.c1ccc2c(c1)CCN2. The highest BCUT2D eigenvalue weighted by molar-refractivity contribution is 5.85. The molecule has 1 aliphatic rings. The molecule has 0 radical (unpaired) electrons. The predicted octanol–water partition coefficient (Wildman–Crippen LogP) is 3.33. The van der Waals surface area contributed by atoms with Gasteiger partial charge in [0.2, 0.25) is 6.41 Å². The highest BCUT2D eigenvalue weighted by Gasteiger charge is 2.05. The summed E-state index contributed by atoms with van der Waals surface area (Å²) in [6.45, 7) is 1.11. The molecule has 1 aliphatic heterocycles. The van der Waals surface area contributed by atoms with E-state index in [9.17, 15) is 4.79 Å². The van der Waals surface area contributed by atoms with Gasteiger partial charge in [0.05, 0.1) is 5.52 Å². The third-order valence-corrected chi connectivity index (χ3v) is 3.47. The second-order valence-corrected chi connectivity index (χ2v) is 4.72. The average molecular weight is 264 g/mol. The maximum atomic E-state index is 10.4. The van der Waals surface area contributed by atoms with Crippen LogP contribution in [0.4, 0.5) is 5.69 Å². The third-order valence-electron chi connectivity index (χ3n) is 3.47. The summed E-state index contributed by atoms with van der Waals surface area (Å²) < 4.78 is 1.56. The van der Waals surface area contributed by atoms with Gasteiger partial charge in [0.15, 0.2) is 0 Å². The van der Waals surface area contributed by atoms with Crippen LogP contribution in [0.1, 0.15) is 5.56 Å².